The zero-order valence-electron chi connectivity index (χ0n) is 9.73. The van der Waals surface area contributed by atoms with E-state index in [1.165, 1.54) is 5.56 Å². The van der Waals surface area contributed by atoms with Crippen LogP contribution in [0, 0.1) is 0 Å². The summed E-state index contributed by atoms with van der Waals surface area (Å²) in [5.41, 5.74) is 1.40. The summed E-state index contributed by atoms with van der Waals surface area (Å²) in [6.45, 7) is 8.25. The quantitative estimate of drug-likeness (QED) is 0.778. The molecule has 0 radical (unpaired) electrons. The molecule has 0 bridgehead atoms. The first-order valence-corrected chi connectivity index (χ1v) is 6.00. The molecule has 2 nitrogen and oxygen atoms in total. The SMILES string of the molecule is C=CC1CCN(Cc2ccccc2)CCN1. The van der Waals surface area contributed by atoms with E-state index in [1.54, 1.807) is 0 Å². The minimum atomic E-state index is 0.487. The van der Waals surface area contributed by atoms with Crippen molar-refractivity contribution in [3.05, 3.63) is 48.6 Å². The molecule has 1 aromatic rings. The molecule has 1 fully saturated rings. The zero-order chi connectivity index (χ0) is 11.2. The lowest BCUT2D eigenvalue weighted by atomic mass is 10.2. The Kier molecular flexibility index (Phi) is 4.14. The van der Waals surface area contributed by atoms with E-state index in [-0.39, 0.29) is 0 Å². The fraction of sp³-hybridized carbons (Fsp3) is 0.429. The second-order valence-corrected chi connectivity index (χ2v) is 4.35. The summed E-state index contributed by atoms with van der Waals surface area (Å²) >= 11 is 0. The van der Waals surface area contributed by atoms with Gasteiger partial charge in [-0.1, -0.05) is 36.4 Å². The molecule has 86 valence electrons. The summed E-state index contributed by atoms with van der Waals surface area (Å²) in [5, 5.41) is 3.49. The molecule has 1 unspecified atom stereocenters. The maximum Gasteiger partial charge on any atom is 0.0260 e. The van der Waals surface area contributed by atoms with Gasteiger partial charge in [0.25, 0.3) is 0 Å². The van der Waals surface area contributed by atoms with Gasteiger partial charge in [-0.2, -0.15) is 0 Å². The number of hydrogen-bond donors (Lipinski definition) is 1. The van der Waals surface area contributed by atoms with E-state index in [2.05, 4.69) is 47.1 Å². The predicted octanol–water partition coefficient (Wildman–Crippen LogP) is 2.04. The molecule has 1 heterocycles. The average molecular weight is 216 g/mol. The van der Waals surface area contributed by atoms with E-state index in [0.717, 1.165) is 32.6 Å². The van der Waals surface area contributed by atoms with Crippen molar-refractivity contribution in [2.45, 2.75) is 19.0 Å². The van der Waals surface area contributed by atoms with Gasteiger partial charge >= 0.3 is 0 Å². The van der Waals surface area contributed by atoms with Crippen LogP contribution in [-0.4, -0.2) is 30.6 Å². The van der Waals surface area contributed by atoms with Gasteiger partial charge in [-0.15, -0.1) is 6.58 Å². The second kappa shape index (κ2) is 5.83. The van der Waals surface area contributed by atoms with Crippen LogP contribution >= 0.6 is 0 Å². The average Bonchev–Trinajstić information content (AvgIpc) is 2.56. The number of nitrogens with zero attached hydrogens (tertiary/aromatic N) is 1. The van der Waals surface area contributed by atoms with Crippen molar-refractivity contribution in [2.75, 3.05) is 19.6 Å². The minimum absolute atomic E-state index is 0.487. The fourth-order valence-corrected chi connectivity index (χ4v) is 2.14. The molecule has 1 N–H and O–H groups in total. The maximum atomic E-state index is 3.85. The summed E-state index contributed by atoms with van der Waals surface area (Å²) in [5.74, 6) is 0. The van der Waals surface area contributed by atoms with Gasteiger partial charge in [0, 0.05) is 32.2 Å². The third kappa shape index (κ3) is 3.19. The van der Waals surface area contributed by atoms with Gasteiger partial charge in [-0.25, -0.2) is 0 Å². The molecule has 16 heavy (non-hydrogen) atoms. The Hall–Kier alpha value is -1.12. The topological polar surface area (TPSA) is 15.3 Å². The van der Waals surface area contributed by atoms with Crippen LogP contribution in [0.2, 0.25) is 0 Å². The largest absolute Gasteiger partial charge is 0.309 e. The maximum absolute atomic E-state index is 3.85. The standard InChI is InChI=1S/C14H20N2/c1-2-14-8-10-16(11-9-15-14)12-13-6-4-3-5-7-13/h2-7,14-15H,1,8-12H2. The van der Waals surface area contributed by atoms with Gasteiger partial charge in [-0.05, 0) is 12.0 Å². The molecular formula is C14H20N2. The van der Waals surface area contributed by atoms with Gasteiger partial charge in [-0.3, -0.25) is 4.90 Å². The summed E-state index contributed by atoms with van der Waals surface area (Å²) in [6.07, 6.45) is 3.18. The molecule has 1 aliphatic heterocycles. The lowest BCUT2D eigenvalue weighted by Gasteiger charge is -2.19. The molecule has 0 aromatic heterocycles. The first-order valence-electron chi connectivity index (χ1n) is 6.00. The van der Waals surface area contributed by atoms with E-state index in [1.807, 2.05) is 6.08 Å². The normalized spacial score (nSPS) is 22.6. The third-order valence-electron chi connectivity index (χ3n) is 3.12. The van der Waals surface area contributed by atoms with Crippen LogP contribution in [0.5, 0.6) is 0 Å². The molecule has 0 aliphatic carbocycles. The van der Waals surface area contributed by atoms with Crippen molar-refractivity contribution in [3.63, 3.8) is 0 Å². The highest BCUT2D eigenvalue weighted by Crippen LogP contribution is 2.08. The van der Waals surface area contributed by atoms with Crippen LogP contribution in [-0.2, 0) is 6.54 Å². The lowest BCUT2D eigenvalue weighted by Crippen LogP contribution is -2.29. The van der Waals surface area contributed by atoms with E-state index >= 15 is 0 Å². The molecule has 1 aliphatic rings. The van der Waals surface area contributed by atoms with E-state index in [9.17, 15) is 0 Å². The van der Waals surface area contributed by atoms with E-state index in [0.29, 0.717) is 6.04 Å². The highest BCUT2D eigenvalue weighted by molar-refractivity contribution is 5.14. The lowest BCUT2D eigenvalue weighted by molar-refractivity contribution is 0.283. The Bertz CT molecular complexity index is 321. The number of rotatable bonds is 3. The molecular weight excluding hydrogens is 196 g/mol. The molecule has 0 saturated carbocycles. The summed E-state index contributed by atoms with van der Waals surface area (Å²) in [7, 11) is 0. The van der Waals surface area contributed by atoms with Crippen molar-refractivity contribution >= 4 is 0 Å². The van der Waals surface area contributed by atoms with Gasteiger partial charge in [0.2, 0.25) is 0 Å². The summed E-state index contributed by atoms with van der Waals surface area (Å²) in [4.78, 5) is 2.51. The molecule has 2 rings (SSSR count). The molecule has 1 atom stereocenters. The smallest absolute Gasteiger partial charge is 0.0260 e. The van der Waals surface area contributed by atoms with Gasteiger partial charge in [0.15, 0.2) is 0 Å². The zero-order valence-corrected chi connectivity index (χ0v) is 9.73. The van der Waals surface area contributed by atoms with E-state index in [4.69, 9.17) is 0 Å². The molecule has 1 aromatic carbocycles. The Morgan fingerprint density at radius 2 is 2.12 bits per heavy atom. The van der Waals surface area contributed by atoms with Gasteiger partial charge in [0.05, 0.1) is 0 Å². The van der Waals surface area contributed by atoms with Gasteiger partial charge < -0.3 is 5.32 Å². The van der Waals surface area contributed by atoms with E-state index < -0.39 is 0 Å². The number of benzene rings is 1. The van der Waals surface area contributed by atoms with Crippen molar-refractivity contribution in [2.24, 2.45) is 0 Å². The molecule has 1 saturated heterocycles. The third-order valence-corrected chi connectivity index (χ3v) is 3.12. The predicted molar refractivity (Wildman–Crippen MR) is 68.3 cm³/mol. The van der Waals surface area contributed by atoms with Gasteiger partial charge in [0.1, 0.15) is 0 Å². The molecule has 0 amide bonds. The Morgan fingerprint density at radius 1 is 1.31 bits per heavy atom. The fourth-order valence-electron chi connectivity index (χ4n) is 2.14. The van der Waals surface area contributed by atoms with Crippen molar-refractivity contribution in [1.29, 1.82) is 0 Å². The molecule has 2 heteroatoms. The highest BCUT2D eigenvalue weighted by atomic mass is 15.2. The second-order valence-electron chi connectivity index (χ2n) is 4.35. The first-order chi connectivity index (χ1) is 7.88. The number of hydrogen-bond acceptors (Lipinski definition) is 2. The number of nitrogens with one attached hydrogen (secondary N) is 1. The van der Waals surface area contributed by atoms with Crippen molar-refractivity contribution < 1.29 is 0 Å². The van der Waals surface area contributed by atoms with Crippen LogP contribution < -0.4 is 5.32 Å². The first kappa shape index (κ1) is 11.4. The summed E-state index contributed by atoms with van der Waals surface area (Å²) < 4.78 is 0. The van der Waals surface area contributed by atoms with Crippen LogP contribution in [0.1, 0.15) is 12.0 Å². The van der Waals surface area contributed by atoms with Crippen molar-refractivity contribution in [1.82, 2.24) is 10.2 Å². The van der Waals surface area contributed by atoms with Crippen LogP contribution in [0.15, 0.2) is 43.0 Å². The minimum Gasteiger partial charge on any atom is -0.309 e. The van der Waals surface area contributed by atoms with Crippen molar-refractivity contribution in [3.8, 4) is 0 Å². The Morgan fingerprint density at radius 3 is 2.88 bits per heavy atom. The Balaban J connectivity index is 1.89. The van der Waals surface area contributed by atoms with Crippen LogP contribution in [0.3, 0.4) is 0 Å². The Labute approximate surface area is 98.0 Å². The van der Waals surface area contributed by atoms with Crippen LogP contribution in [0.25, 0.3) is 0 Å². The van der Waals surface area contributed by atoms with Crippen LogP contribution in [0.4, 0.5) is 0 Å². The summed E-state index contributed by atoms with van der Waals surface area (Å²) in [6, 6.07) is 11.2. The highest BCUT2D eigenvalue weighted by Gasteiger charge is 2.13. The monoisotopic (exact) mass is 216 g/mol. The molecule has 0 spiro atoms.